The molecule has 0 saturated carbocycles. The zero-order valence-electron chi connectivity index (χ0n) is 23.4. The van der Waals surface area contributed by atoms with Gasteiger partial charge in [0, 0.05) is 25.9 Å². The van der Waals surface area contributed by atoms with E-state index in [0.29, 0.717) is 5.56 Å². The number of carbonyl (C=O) groups is 1. The summed E-state index contributed by atoms with van der Waals surface area (Å²) in [6.07, 6.45) is 16.2. The van der Waals surface area contributed by atoms with Crippen LogP contribution in [0, 0.1) is 0 Å². The Balaban J connectivity index is 1.48. The molecular weight excluding hydrogens is 494 g/mol. The summed E-state index contributed by atoms with van der Waals surface area (Å²) in [5.41, 5.74) is 1.38. The number of Topliss-reactive ketones (excluding diaryl/α,β-unsaturated/α-hetero) is 1. The van der Waals surface area contributed by atoms with Gasteiger partial charge in [0.15, 0.2) is 15.6 Å². The third-order valence-corrected chi connectivity index (χ3v) is 10.3. The highest BCUT2D eigenvalue weighted by Crippen LogP contribution is 2.17. The van der Waals surface area contributed by atoms with Gasteiger partial charge in [0.2, 0.25) is 0 Å². The van der Waals surface area contributed by atoms with Crippen LogP contribution in [0.5, 0.6) is 0 Å². The van der Waals surface area contributed by atoms with Gasteiger partial charge in [0.1, 0.15) is 5.75 Å². The molecule has 1 N–H and O–H groups in total. The minimum absolute atomic E-state index is 0.181. The minimum Gasteiger partial charge on any atom is -0.385 e. The number of benzene rings is 2. The summed E-state index contributed by atoms with van der Waals surface area (Å²) in [6, 6.07) is 16.7. The summed E-state index contributed by atoms with van der Waals surface area (Å²) in [4.78, 5) is 12.7. The fourth-order valence-electron chi connectivity index (χ4n) is 4.52. The van der Waals surface area contributed by atoms with Gasteiger partial charge in [-0.2, -0.15) is 0 Å². The number of hydrogen-bond acceptors (Lipinski definition) is 4. The van der Waals surface area contributed by atoms with Crippen LogP contribution in [0.25, 0.3) is 0 Å². The molecule has 2 aromatic carbocycles. The van der Waals surface area contributed by atoms with Crippen LogP contribution in [-0.4, -0.2) is 34.6 Å². The Morgan fingerprint density at radius 1 is 0.676 bits per heavy atom. The second-order valence-corrected chi connectivity index (χ2v) is 19.2. The Morgan fingerprint density at radius 3 is 1.68 bits per heavy atom. The summed E-state index contributed by atoms with van der Waals surface area (Å²) >= 11 is 0. The number of hydrogen-bond donors (Lipinski definition) is 1. The average molecular weight is 544 g/mol. The van der Waals surface area contributed by atoms with E-state index in [0.717, 1.165) is 18.7 Å². The molecule has 0 aliphatic carbocycles. The molecular formula is C31H49NO3SSi. The Hall–Kier alpha value is -1.92. The van der Waals surface area contributed by atoms with Gasteiger partial charge in [-0.1, -0.05) is 115 Å². The van der Waals surface area contributed by atoms with Gasteiger partial charge in [-0.25, -0.2) is 8.42 Å². The van der Waals surface area contributed by atoms with Crippen LogP contribution in [0.15, 0.2) is 59.5 Å². The molecule has 2 aromatic rings. The van der Waals surface area contributed by atoms with Crippen LogP contribution in [-0.2, 0) is 9.84 Å². The van der Waals surface area contributed by atoms with Crippen molar-refractivity contribution in [3.05, 3.63) is 60.2 Å². The fraction of sp³-hybridized carbons (Fsp3) is 0.581. The van der Waals surface area contributed by atoms with E-state index < -0.39 is 23.7 Å². The SMILES string of the molecule is C[Si](C)(C)CCCCCCCCCCCCCCNc1ccc(C(=O)CS(=O)(=O)c2ccccc2)cc1. The molecule has 206 valence electrons. The van der Waals surface area contributed by atoms with Gasteiger partial charge in [0.05, 0.1) is 4.90 Å². The van der Waals surface area contributed by atoms with Crippen molar-refractivity contribution in [3.8, 4) is 0 Å². The van der Waals surface area contributed by atoms with Gasteiger partial charge in [-0.3, -0.25) is 4.79 Å². The molecule has 0 fully saturated rings. The zero-order chi connectivity index (χ0) is 27.0. The number of ketones is 1. The molecule has 0 heterocycles. The number of unbranched alkanes of at least 4 members (excludes halogenated alkanes) is 11. The summed E-state index contributed by atoms with van der Waals surface area (Å²) in [6.45, 7) is 8.33. The van der Waals surface area contributed by atoms with Gasteiger partial charge in [-0.15, -0.1) is 0 Å². The summed E-state index contributed by atoms with van der Waals surface area (Å²) in [5.74, 6) is -0.893. The molecule has 37 heavy (non-hydrogen) atoms. The maximum Gasteiger partial charge on any atom is 0.185 e. The molecule has 0 aliphatic heterocycles. The van der Waals surface area contributed by atoms with Crippen LogP contribution in [0.4, 0.5) is 5.69 Å². The van der Waals surface area contributed by atoms with Crippen LogP contribution < -0.4 is 5.32 Å². The molecule has 0 saturated heterocycles. The number of anilines is 1. The summed E-state index contributed by atoms with van der Waals surface area (Å²) < 4.78 is 24.9. The number of sulfone groups is 1. The zero-order valence-corrected chi connectivity index (χ0v) is 25.3. The standard InChI is InChI=1S/C31H49NO3SSi/c1-37(2,3)26-18-13-11-9-7-5-4-6-8-10-12-17-25-32-29-23-21-28(22-24-29)31(33)27-36(34,35)30-19-15-14-16-20-30/h14-16,19-24,32H,4-13,17-18,25-27H2,1-3H3. The number of rotatable bonds is 20. The van der Waals surface area contributed by atoms with E-state index in [4.69, 9.17) is 0 Å². The molecule has 6 heteroatoms. The van der Waals surface area contributed by atoms with Crippen molar-refractivity contribution in [3.63, 3.8) is 0 Å². The fourth-order valence-corrected chi connectivity index (χ4v) is 7.08. The lowest BCUT2D eigenvalue weighted by atomic mass is 10.1. The molecule has 0 radical (unpaired) electrons. The molecule has 0 atom stereocenters. The predicted octanol–water partition coefficient (Wildman–Crippen LogP) is 8.77. The van der Waals surface area contributed by atoms with E-state index in [1.807, 2.05) is 12.1 Å². The first-order valence-electron chi connectivity index (χ1n) is 14.3. The Kier molecular flexibility index (Phi) is 14.2. The van der Waals surface area contributed by atoms with Crippen LogP contribution >= 0.6 is 0 Å². The summed E-state index contributed by atoms with van der Waals surface area (Å²) in [7, 11) is -4.45. The topological polar surface area (TPSA) is 63.2 Å². The molecule has 2 rings (SSSR count). The molecule has 4 nitrogen and oxygen atoms in total. The first-order chi connectivity index (χ1) is 17.7. The number of nitrogens with one attached hydrogen (secondary N) is 1. The van der Waals surface area contributed by atoms with Crippen molar-refractivity contribution >= 4 is 29.4 Å². The lowest BCUT2D eigenvalue weighted by molar-refractivity contribution is 0.102. The highest BCUT2D eigenvalue weighted by Gasteiger charge is 2.20. The predicted molar refractivity (Wildman–Crippen MR) is 161 cm³/mol. The second kappa shape index (κ2) is 16.8. The van der Waals surface area contributed by atoms with E-state index in [9.17, 15) is 13.2 Å². The van der Waals surface area contributed by atoms with Gasteiger partial charge < -0.3 is 5.32 Å². The van der Waals surface area contributed by atoms with E-state index >= 15 is 0 Å². The first-order valence-corrected chi connectivity index (χ1v) is 19.7. The maximum atomic E-state index is 12.5. The first kappa shape index (κ1) is 31.3. The van der Waals surface area contributed by atoms with Crippen molar-refractivity contribution in [2.45, 2.75) is 108 Å². The largest absolute Gasteiger partial charge is 0.385 e. The third kappa shape index (κ3) is 14.0. The number of carbonyl (C=O) groups excluding carboxylic acids is 1. The quantitative estimate of drug-likeness (QED) is 0.103. The van der Waals surface area contributed by atoms with E-state index in [-0.39, 0.29) is 10.7 Å². The lowest BCUT2D eigenvalue weighted by Crippen LogP contribution is -2.18. The molecule has 0 bridgehead atoms. The van der Waals surface area contributed by atoms with Crippen LogP contribution in [0.3, 0.4) is 0 Å². The minimum atomic E-state index is -3.62. The summed E-state index contributed by atoms with van der Waals surface area (Å²) in [5, 5.41) is 3.41. The van der Waals surface area contributed by atoms with Crippen molar-refractivity contribution in [2.24, 2.45) is 0 Å². The normalized spacial score (nSPS) is 12.0. The van der Waals surface area contributed by atoms with Crippen molar-refractivity contribution in [1.29, 1.82) is 0 Å². The Morgan fingerprint density at radius 2 is 1.16 bits per heavy atom. The lowest BCUT2D eigenvalue weighted by Gasteiger charge is -2.14. The second-order valence-electron chi connectivity index (χ2n) is 11.6. The van der Waals surface area contributed by atoms with E-state index in [1.54, 1.807) is 30.3 Å². The molecule has 0 unspecified atom stereocenters. The smallest absolute Gasteiger partial charge is 0.185 e. The van der Waals surface area contributed by atoms with Gasteiger partial charge >= 0.3 is 0 Å². The molecule has 0 aromatic heterocycles. The van der Waals surface area contributed by atoms with Crippen molar-refractivity contribution in [2.75, 3.05) is 17.6 Å². The highest BCUT2D eigenvalue weighted by molar-refractivity contribution is 7.92. The maximum absolute atomic E-state index is 12.5. The monoisotopic (exact) mass is 543 g/mol. The molecule has 0 amide bonds. The van der Waals surface area contributed by atoms with E-state index in [2.05, 4.69) is 25.0 Å². The third-order valence-electron chi connectivity index (χ3n) is 6.81. The van der Waals surface area contributed by atoms with Crippen LogP contribution in [0.1, 0.15) is 87.4 Å². The van der Waals surface area contributed by atoms with E-state index in [1.165, 1.54) is 88.8 Å². The average Bonchev–Trinajstić information content (AvgIpc) is 2.86. The van der Waals surface area contributed by atoms with Crippen LogP contribution in [0.2, 0.25) is 25.7 Å². The van der Waals surface area contributed by atoms with Gasteiger partial charge in [0.25, 0.3) is 0 Å². The van der Waals surface area contributed by atoms with Gasteiger partial charge in [-0.05, 0) is 42.8 Å². The molecule has 0 aliphatic rings. The highest BCUT2D eigenvalue weighted by atomic mass is 32.2. The van der Waals surface area contributed by atoms with Crippen molar-refractivity contribution in [1.82, 2.24) is 0 Å². The Labute approximate surface area is 227 Å². The van der Waals surface area contributed by atoms with Crippen molar-refractivity contribution < 1.29 is 13.2 Å². The molecule has 0 spiro atoms. The Bertz CT molecular complexity index is 999.